The van der Waals surface area contributed by atoms with Gasteiger partial charge < -0.3 is 15.2 Å². The van der Waals surface area contributed by atoms with Crippen LogP contribution in [-0.4, -0.2) is 26.5 Å². The molecular weight excluding hydrogens is 419 g/mol. The molecule has 0 aliphatic carbocycles. The maximum absolute atomic E-state index is 13.9. The number of aryl methyl sites for hydroxylation is 2. The SMILES string of the molecule is Cc1cccc(NC(=S)N(CCc2c(C)[nH]c3ccc(F)cc23)Cc2ccncc2)c1C. The minimum atomic E-state index is -0.224. The van der Waals surface area contributed by atoms with Crippen molar-refractivity contribution in [3.05, 3.63) is 94.7 Å². The van der Waals surface area contributed by atoms with Gasteiger partial charge in [-0.25, -0.2) is 4.39 Å². The van der Waals surface area contributed by atoms with Gasteiger partial charge in [-0.05, 0) is 98.1 Å². The number of hydrogen-bond donors (Lipinski definition) is 2. The smallest absolute Gasteiger partial charge is 0.173 e. The number of thiocarbonyl (C=S) groups is 1. The first-order valence-corrected chi connectivity index (χ1v) is 11.1. The number of benzene rings is 2. The number of halogens is 1. The van der Waals surface area contributed by atoms with Crippen LogP contribution in [0.4, 0.5) is 10.1 Å². The van der Waals surface area contributed by atoms with Crippen LogP contribution in [0.15, 0.2) is 60.9 Å². The Morgan fingerprint density at radius 2 is 1.88 bits per heavy atom. The summed E-state index contributed by atoms with van der Waals surface area (Å²) < 4.78 is 13.9. The summed E-state index contributed by atoms with van der Waals surface area (Å²) in [5.41, 5.74) is 7.68. The molecule has 2 heterocycles. The fourth-order valence-electron chi connectivity index (χ4n) is 3.97. The van der Waals surface area contributed by atoms with Crippen LogP contribution in [0.25, 0.3) is 10.9 Å². The maximum atomic E-state index is 13.9. The molecule has 0 atom stereocenters. The van der Waals surface area contributed by atoms with E-state index < -0.39 is 0 Å². The van der Waals surface area contributed by atoms with Gasteiger partial charge in [0.25, 0.3) is 0 Å². The monoisotopic (exact) mass is 446 g/mol. The minimum absolute atomic E-state index is 0.224. The van der Waals surface area contributed by atoms with Crippen LogP contribution < -0.4 is 5.32 Å². The highest BCUT2D eigenvalue weighted by molar-refractivity contribution is 7.80. The zero-order valence-electron chi connectivity index (χ0n) is 18.6. The second-order valence-corrected chi connectivity index (χ2v) is 8.51. The first kappa shape index (κ1) is 22.0. The maximum Gasteiger partial charge on any atom is 0.173 e. The second-order valence-electron chi connectivity index (χ2n) is 8.12. The van der Waals surface area contributed by atoms with Crippen molar-refractivity contribution < 1.29 is 4.39 Å². The lowest BCUT2D eigenvalue weighted by molar-refractivity contribution is 0.423. The zero-order valence-corrected chi connectivity index (χ0v) is 19.4. The van der Waals surface area contributed by atoms with E-state index in [1.54, 1.807) is 24.5 Å². The molecular formula is C26H27FN4S. The Kier molecular flexibility index (Phi) is 6.51. The number of rotatable bonds is 6. The zero-order chi connectivity index (χ0) is 22.7. The predicted octanol–water partition coefficient (Wildman–Crippen LogP) is 6.07. The summed E-state index contributed by atoms with van der Waals surface area (Å²) in [6.45, 7) is 7.58. The topological polar surface area (TPSA) is 44.0 Å². The van der Waals surface area contributed by atoms with Gasteiger partial charge in [-0.2, -0.15) is 0 Å². The number of pyridine rings is 1. The van der Waals surface area contributed by atoms with Crippen molar-refractivity contribution in [1.82, 2.24) is 14.9 Å². The van der Waals surface area contributed by atoms with Gasteiger partial charge in [0.05, 0.1) is 0 Å². The third kappa shape index (κ3) is 4.81. The Bertz CT molecular complexity index is 1250. The Balaban J connectivity index is 1.58. The molecule has 4 nitrogen and oxygen atoms in total. The standard InChI is InChI=1S/C26H27FN4S/c1-17-5-4-6-24(18(17)2)30-26(32)31(16-20-9-12-28-13-10-20)14-11-22-19(3)29-25-8-7-21(27)15-23(22)25/h4-10,12-13,15,29H,11,14,16H2,1-3H3,(H,30,32). The largest absolute Gasteiger partial charge is 0.358 e. The molecule has 2 N–H and O–H groups in total. The van der Waals surface area contributed by atoms with Gasteiger partial charge in [0.2, 0.25) is 0 Å². The fraction of sp³-hybridized carbons (Fsp3) is 0.231. The van der Waals surface area contributed by atoms with E-state index >= 15 is 0 Å². The number of fused-ring (bicyclic) bond motifs is 1. The number of nitrogens with zero attached hydrogens (tertiary/aromatic N) is 2. The molecule has 0 radical (unpaired) electrons. The molecule has 0 unspecified atom stereocenters. The van der Waals surface area contributed by atoms with Gasteiger partial charge in [0.1, 0.15) is 5.82 Å². The predicted molar refractivity (Wildman–Crippen MR) is 133 cm³/mol. The molecule has 4 rings (SSSR count). The summed E-state index contributed by atoms with van der Waals surface area (Å²) in [6, 6.07) is 15.1. The van der Waals surface area contributed by atoms with Gasteiger partial charge >= 0.3 is 0 Å². The van der Waals surface area contributed by atoms with Crippen LogP contribution in [0, 0.1) is 26.6 Å². The van der Waals surface area contributed by atoms with Crippen LogP contribution in [0.3, 0.4) is 0 Å². The second kappa shape index (κ2) is 9.49. The molecule has 4 aromatic rings. The van der Waals surface area contributed by atoms with E-state index in [-0.39, 0.29) is 5.82 Å². The van der Waals surface area contributed by atoms with E-state index in [1.165, 1.54) is 17.2 Å². The summed E-state index contributed by atoms with van der Waals surface area (Å²) in [5, 5.41) is 5.03. The highest BCUT2D eigenvalue weighted by Gasteiger charge is 2.15. The highest BCUT2D eigenvalue weighted by atomic mass is 32.1. The highest BCUT2D eigenvalue weighted by Crippen LogP contribution is 2.24. The summed E-state index contributed by atoms with van der Waals surface area (Å²) in [6.07, 6.45) is 4.33. The molecule has 0 saturated heterocycles. The number of aromatic nitrogens is 2. The third-order valence-electron chi connectivity index (χ3n) is 5.97. The van der Waals surface area contributed by atoms with E-state index in [9.17, 15) is 4.39 Å². The van der Waals surface area contributed by atoms with E-state index in [0.29, 0.717) is 18.2 Å². The summed E-state index contributed by atoms with van der Waals surface area (Å²) in [4.78, 5) is 9.65. The van der Waals surface area contributed by atoms with Crippen molar-refractivity contribution in [3.8, 4) is 0 Å². The molecule has 0 bridgehead atoms. The number of anilines is 1. The average Bonchev–Trinajstić information content (AvgIpc) is 3.09. The van der Waals surface area contributed by atoms with Crippen molar-refractivity contribution in [2.24, 2.45) is 0 Å². The molecule has 0 aliphatic heterocycles. The number of H-pyrrole nitrogens is 1. The van der Waals surface area contributed by atoms with Crippen molar-refractivity contribution in [2.75, 3.05) is 11.9 Å². The lowest BCUT2D eigenvalue weighted by Gasteiger charge is -2.27. The quantitative estimate of drug-likeness (QED) is 0.353. The number of aromatic amines is 1. The van der Waals surface area contributed by atoms with Gasteiger partial charge in [0.15, 0.2) is 5.11 Å². The average molecular weight is 447 g/mol. The lowest BCUT2D eigenvalue weighted by Crippen LogP contribution is -2.36. The Hall–Kier alpha value is -3.25. The van der Waals surface area contributed by atoms with Crippen LogP contribution in [0.1, 0.15) is 27.9 Å². The first-order chi connectivity index (χ1) is 15.4. The third-order valence-corrected chi connectivity index (χ3v) is 6.33. The van der Waals surface area contributed by atoms with E-state index in [0.717, 1.165) is 39.8 Å². The molecule has 0 fully saturated rings. The Morgan fingerprint density at radius 1 is 1.09 bits per heavy atom. The van der Waals surface area contributed by atoms with E-state index in [4.69, 9.17) is 12.2 Å². The summed E-state index contributed by atoms with van der Waals surface area (Å²) >= 11 is 5.84. The van der Waals surface area contributed by atoms with Gasteiger partial charge in [-0.15, -0.1) is 0 Å². The molecule has 164 valence electrons. The summed E-state index contributed by atoms with van der Waals surface area (Å²) in [5.74, 6) is -0.224. The number of nitrogens with one attached hydrogen (secondary N) is 2. The molecule has 2 aromatic heterocycles. The number of hydrogen-bond acceptors (Lipinski definition) is 2. The molecule has 0 amide bonds. The van der Waals surface area contributed by atoms with Gasteiger partial charge in [-0.3, -0.25) is 4.98 Å². The van der Waals surface area contributed by atoms with Crippen LogP contribution >= 0.6 is 12.2 Å². The molecule has 2 aromatic carbocycles. The van der Waals surface area contributed by atoms with Crippen LogP contribution in [-0.2, 0) is 13.0 Å². The van der Waals surface area contributed by atoms with Crippen LogP contribution in [0.5, 0.6) is 0 Å². The normalized spacial score (nSPS) is 11.0. The van der Waals surface area contributed by atoms with Crippen molar-refractivity contribution in [3.63, 3.8) is 0 Å². The molecule has 0 aliphatic rings. The Morgan fingerprint density at radius 3 is 2.66 bits per heavy atom. The van der Waals surface area contributed by atoms with Gasteiger partial charge in [0, 0.05) is 47.8 Å². The molecule has 32 heavy (non-hydrogen) atoms. The first-order valence-electron chi connectivity index (χ1n) is 10.7. The fourth-order valence-corrected chi connectivity index (χ4v) is 4.23. The van der Waals surface area contributed by atoms with Crippen molar-refractivity contribution in [2.45, 2.75) is 33.7 Å². The van der Waals surface area contributed by atoms with Crippen LogP contribution in [0.2, 0.25) is 0 Å². The lowest BCUT2D eigenvalue weighted by atomic mass is 10.1. The van der Waals surface area contributed by atoms with E-state index in [1.807, 2.05) is 31.2 Å². The minimum Gasteiger partial charge on any atom is -0.358 e. The van der Waals surface area contributed by atoms with E-state index in [2.05, 4.69) is 40.1 Å². The van der Waals surface area contributed by atoms with Gasteiger partial charge in [-0.1, -0.05) is 12.1 Å². The molecule has 0 spiro atoms. The van der Waals surface area contributed by atoms with Crippen molar-refractivity contribution in [1.29, 1.82) is 0 Å². The summed E-state index contributed by atoms with van der Waals surface area (Å²) in [7, 11) is 0. The molecule has 0 saturated carbocycles. The Labute approximate surface area is 193 Å². The molecule has 6 heteroatoms. The van der Waals surface area contributed by atoms with Crippen molar-refractivity contribution >= 4 is 33.9 Å².